The second-order valence-electron chi connectivity index (χ2n) is 5.18. The summed E-state index contributed by atoms with van der Waals surface area (Å²) in [5.74, 6) is 0. The zero-order chi connectivity index (χ0) is 12.1. The molecule has 0 spiro atoms. The van der Waals surface area contributed by atoms with Crippen LogP contribution in [0.4, 0.5) is 5.69 Å². The lowest BCUT2D eigenvalue weighted by molar-refractivity contribution is 0.389. The fraction of sp³-hybridized carbons (Fsp3) is 0.600. The van der Waals surface area contributed by atoms with E-state index in [0.29, 0.717) is 0 Å². The van der Waals surface area contributed by atoms with E-state index in [1.807, 2.05) is 0 Å². The van der Waals surface area contributed by atoms with Crippen molar-refractivity contribution in [1.82, 2.24) is 5.32 Å². The zero-order valence-electron chi connectivity index (χ0n) is 11.1. The smallest absolute Gasteiger partial charge is 0.0370 e. The molecule has 0 radical (unpaired) electrons. The number of nitrogens with one attached hydrogen (secondary N) is 2. The van der Waals surface area contributed by atoms with Crippen molar-refractivity contribution >= 4 is 5.69 Å². The largest absolute Gasteiger partial charge is 0.385 e. The summed E-state index contributed by atoms with van der Waals surface area (Å²) in [6.07, 6.45) is 5.31. The molecule has 0 aliphatic carbocycles. The number of rotatable bonds is 4. The lowest BCUT2D eigenvalue weighted by Gasteiger charge is -2.23. The molecule has 1 heterocycles. The molecule has 0 aromatic heterocycles. The molecular formula is C15H24N2. The van der Waals surface area contributed by atoms with Crippen molar-refractivity contribution in [3.63, 3.8) is 0 Å². The molecule has 1 aliphatic rings. The quantitative estimate of drug-likeness (QED) is 0.832. The molecule has 0 bridgehead atoms. The SMILES string of the molecule is Cc1ccc(NCCC2CCCCN2)c(C)c1. The Bertz CT molecular complexity index is 354. The predicted octanol–water partition coefficient (Wildman–Crippen LogP) is 3.25. The van der Waals surface area contributed by atoms with Crippen molar-refractivity contribution < 1.29 is 0 Å². The Kier molecular flexibility index (Phi) is 4.43. The first-order valence-corrected chi connectivity index (χ1v) is 6.80. The van der Waals surface area contributed by atoms with Gasteiger partial charge in [-0.3, -0.25) is 0 Å². The Morgan fingerprint density at radius 3 is 2.88 bits per heavy atom. The van der Waals surface area contributed by atoms with Crippen molar-refractivity contribution in [3.8, 4) is 0 Å². The summed E-state index contributed by atoms with van der Waals surface area (Å²) in [5.41, 5.74) is 3.97. The van der Waals surface area contributed by atoms with Crippen molar-refractivity contribution in [1.29, 1.82) is 0 Å². The number of hydrogen-bond acceptors (Lipinski definition) is 2. The Morgan fingerprint density at radius 1 is 1.29 bits per heavy atom. The average molecular weight is 232 g/mol. The molecule has 0 amide bonds. The number of benzene rings is 1. The van der Waals surface area contributed by atoms with Gasteiger partial charge >= 0.3 is 0 Å². The minimum Gasteiger partial charge on any atom is -0.385 e. The molecule has 1 aromatic rings. The molecule has 1 aliphatic heterocycles. The Hall–Kier alpha value is -1.02. The molecule has 94 valence electrons. The summed E-state index contributed by atoms with van der Waals surface area (Å²) < 4.78 is 0. The van der Waals surface area contributed by atoms with Crippen LogP contribution in [-0.2, 0) is 0 Å². The molecule has 2 rings (SSSR count). The fourth-order valence-corrected chi connectivity index (χ4v) is 2.56. The maximum atomic E-state index is 3.59. The van der Waals surface area contributed by atoms with E-state index in [4.69, 9.17) is 0 Å². The van der Waals surface area contributed by atoms with Gasteiger partial charge in [-0.2, -0.15) is 0 Å². The first-order valence-electron chi connectivity index (χ1n) is 6.80. The first-order chi connectivity index (χ1) is 8.25. The molecule has 2 nitrogen and oxygen atoms in total. The molecule has 1 fully saturated rings. The Balaban J connectivity index is 1.77. The number of piperidine rings is 1. The van der Waals surface area contributed by atoms with Gasteiger partial charge in [0.1, 0.15) is 0 Å². The normalized spacial score (nSPS) is 20.2. The van der Waals surface area contributed by atoms with Gasteiger partial charge in [0, 0.05) is 18.3 Å². The van der Waals surface area contributed by atoms with Crippen molar-refractivity contribution in [2.24, 2.45) is 0 Å². The molecule has 1 unspecified atom stereocenters. The number of hydrogen-bond donors (Lipinski definition) is 2. The van der Waals surface area contributed by atoms with Crippen LogP contribution in [0.25, 0.3) is 0 Å². The van der Waals surface area contributed by atoms with Crippen molar-refractivity contribution in [2.45, 2.75) is 45.6 Å². The van der Waals surface area contributed by atoms with Gasteiger partial charge in [0.15, 0.2) is 0 Å². The van der Waals surface area contributed by atoms with Crippen LogP contribution in [0, 0.1) is 13.8 Å². The molecular weight excluding hydrogens is 208 g/mol. The highest BCUT2D eigenvalue weighted by atomic mass is 14.9. The van der Waals surface area contributed by atoms with Crippen LogP contribution in [0.1, 0.15) is 36.8 Å². The average Bonchev–Trinajstić information content (AvgIpc) is 2.33. The van der Waals surface area contributed by atoms with E-state index in [9.17, 15) is 0 Å². The summed E-state index contributed by atoms with van der Waals surface area (Å²) in [6, 6.07) is 7.33. The van der Waals surface area contributed by atoms with Gasteiger partial charge < -0.3 is 10.6 Å². The molecule has 2 heteroatoms. The van der Waals surface area contributed by atoms with Crippen LogP contribution in [0.15, 0.2) is 18.2 Å². The zero-order valence-corrected chi connectivity index (χ0v) is 11.1. The second-order valence-corrected chi connectivity index (χ2v) is 5.18. The van der Waals surface area contributed by atoms with Crippen LogP contribution in [0.5, 0.6) is 0 Å². The molecule has 1 saturated heterocycles. The van der Waals surface area contributed by atoms with Crippen LogP contribution in [0.2, 0.25) is 0 Å². The van der Waals surface area contributed by atoms with Gasteiger partial charge in [0.2, 0.25) is 0 Å². The summed E-state index contributed by atoms with van der Waals surface area (Å²) in [7, 11) is 0. The second kappa shape index (κ2) is 6.06. The molecule has 1 aromatic carbocycles. The molecule has 1 atom stereocenters. The predicted molar refractivity (Wildman–Crippen MR) is 74.7 cm³/mol. The highest BCUT2D eigenvalue weighted by Gasteiger charge is 2.11. The topological polar surface area (TPSA) is 24.1 Å². The van der Waals surface area contributed by atoms with Gasteiger partial charge in [-0.05, 0) is 51.3 Å². The third-order valence-corrected chi connectivity index (χ3v) is 3.60. The first kappa shape index (κ1) is 12.4. The molecule has 2 N–H and O–H groups in total. The third kappa shape index (κ3) is 3.74. The summed E-state index contributed by atoms with van der Waals surface area (Å²) in [5, 5.41) is 7.14. The van der Waals surface area contributed by atoms with E-state index in [1.165, 1.54) is 49.0 Å². The summed E-state index contributed by atoms with van der Waals surface area (Å²) >= 11 is 0. The van der Waals surface area contributed by atoms with E-state index in [0.717, 1.165) is 12.6 Å². The maximum absolute atomic E-state index is 3.59. The van der Waals surface area contributed by atoms with Crippen molar-refractivity contribution in [3.05, 3.63) is 29.3 Å². The van der Waals surface area contributed by atoms with E-state index in [2.05, 4.69) is 42.7 Å². The van der Waals surface area contributed by atoms with Gasteiger partial charge in [-0.1, -0.05) is 24.1 Å². The third-order valence-electron chi connectivity index (χ3n) is 3.60. The van der Waals surface area contributed by atoms with Crippen LogP contribution in [-0.4, -0.2) is 19.1 Å². The molecule has 0 saturated carbocycles. The number of aryl methyl sites for hydroxylation is 2. The lowest BCUT2D eigenvalue weighted by Crippen LogP contribution is -2.35. The fourth-order valence-electron chi connectivity index (χ4n) is 2.56. The van der Waals surface area contributed by atoms with Gasteiger partial charge in [-0.15, -0.1) is 0 Å². The maximum Gasteiger partial charge on any atom is 0.0370 e. The van der Waals surface area contributed by atoms with Gasteiger partial charge in [0.25, 0.3) is 0 Å². The van der Waals surface area contributed by atoms with E-state index in [1.54, 1.807) is 0 Å². The van der Waals surface area contributed by atoms with Crippen molar-refractivity contribution in [2.75, 3.05) is 18.4 Å². The van der Waals surface area contributed by atoms with Gasteiger partial charge in [0.05, 0.1) is 0 Å². The standard InChI is InChI=1S/C15H24N2/c1-12-6-7-15(13(2)11-12)17-10-8-14-5-3-4-9-16-14/h6-7,11,14,16-17H,3-5,8-10H2,1-2H3. The van der Waals surface area contributed by atoms with E-state index < -0.39 is 0 Å². The minimum atomic E-state index is 0.724. The van der Waals surface area contributed by atoms with E-state index >= 15 is 0 Å². The summed E-state index contributed by atoms with van der Waals surface area (Å²) in [4.78, 5) is 0. The highest BCUT2D eigenvalue weighted by molar-refractivity contribution is 5.51. The van der Waals surface area contributed by atoms with Crippen LogP contribution >= 0.6 is 0 Å². The monoisotopic (exact) mass is 232 g/mol. The Labute approximate surface area is 105 Å². The van der Waals surface area contributed by atoms with E-state index in [-0.39, 0.29) is 0 Å². The van der Waals surface area contributed by atoms with Gasteiger partial charge in [-0.25, -0.2) is 0 Å². The van der Waals surface area contributed by atoms with Crippen LogP contribution < -0.4 is 10.6 Å². The molecule has 17 heavy (non-hydrogen) atoms. The minimum absolute atomic E-state index is 0.724. The summed E-state index contributed by atoms with van der Waals surface area (Å²) in [6.45, 7) is 6.59. The Morgan fingerprint density at radius 2 is 2.18 bits per heavy atom. The number of anilines is 1. The van der Waals surface area contributed by atoms with Crippen LogP contribution in [0.3, 0.4) is 0 Å². The highest BCUT2D eigenvalue weighted by Crippen LogP contribution is 2.16. The lowest BCUT2D eigenvalue weighted by atomic mass is 10.0.